The minimum atomic E-state index is 0.500. The van der Waals surface area contributed by atoms with Crippen LogP contribution in [0.5, 0.6) is 0 Å². The van der Waals surface area contributed by atoms with Crippen LogP contribution in [0.2, 0.25) is 0 Å². The lowest BCUT2D eigenvalue weighted by Gasteiger charge is -1.85. The second-order valence-corrected chi connectivity index (χ2v) is 2.56. The van der Waals surface area contributed by atoms with E-state index < -0.39 is 0 Å². The molecule has 1 rings (SSSR count). The van der Waals surface area contributed by atoms with Crippen molar-refractivity contribution in [1.29, 1.82) is 0 Å². The number of aryl methyl sites for hydroxylation is 1. The number of rotatable bonds is 4. The molecule has 0 atom stereocenters. The smallest absolute Gasteiger partial charge is 0.0847 e. The highest BCUT2D eigenvalue weighted by Crippen LogP contribution is 1.98. The van der Waals surface area contributed by atoms with Gasteiger partial charge >= 0.3 is 0 Å². The summed E-state index contributed by atoms with van der Waals surface area (Å²) >= 11 is 0. The van der Waals surface area contributed by atoms with Gasteiger partial charge < -0.3 is 0 Å². The second-order valence-electron chi connectivity index (χ2n) is 2.56. The number of nitrogens with zero attached hydrogens (tertiary/aromatic N) is 5. The lowest BCUT2D eigenvalue weighted by Crippen LogP contribution is -1.86. The van der Waals surface area contributed by atoms with Crippen LogP contribution < -0.4 is 0 Å². The average molecular weight is 177 g/mol. The molecule has 1 heterocycles. The molecule has 1 aromatic heterocycles. The molecule has 0 fully saturated rings. The second kappa shape index (κ2) is 5.00. The molecule has 5 heteroatoms. The van der Waals surface area contributed by atoms with Crippen LogP contribution in [-0.2, 0) is 7.05 Å². The third-order valence-electron chi connectivity index (χ3n) is 1.48. The molecular formula is C8H11N5. The van der Waals surface area contributed by atoms with Gasteiger partial charge in [0, 0.05) is 24.7 Å². The monoisotopic (exact) mass is 177 g/mol. The number of azide groups is 1. The molecule has 5 nitrogen and oxygen atoms in total. The zero-order valence-electron chi connectivity index (χ0n) is 7.46. The minimum Gasteiger partial charge on any atom is -0.275 e. The number of hydrogen-bond acceptors (Lipinski definition) is 2. The Hall–Kier alpha value is -1.74. The van der Waals surface area contributed by atoms with E-state index in [-0.39, 0.29) is 0 Å². The van der Waals surface area contributed by atoms with Crippen LogP contribution in [0.4, 0.5) is 0 Å². The molecule has 0 aromatic carbocycles. The maximum Gasteiger partial charge on any atom is 0.0847 e. The van der Waals surface area contributed by atoms with Gasteiger partial charge in [-0.1, -0.05) is 11.2 Å². The summed E-state index contributed by atoms with van der Waals surface area (Å²) in [5.74, 6) is 0. The fourth-order valence-electron chi connectivity index (χ4n) is 0.903. The van der Waals surface area contributed by atoms with Gasteiger partial charge in [0.2, 0.25) is 0 Å². The van der Waals surface area contributed by atoms with Crippen LogP contribution in [0.15, 0.2) is 23.5 Å². The Morgan fingerprint density at radius 3 is 3.23 bits per heavy atom. The maximum absolute atomic E-state index is 8.00. The highest BCUT2D eigenvalue weighted by atomic mass is 15.2. The SMILES string of the molecule is Cn1ccc(C=CCCN=[N+]=[N-])n1. The van der Waals surface area contributed by atoms with E-state index in [2.05, 4.69) is 15.1 Å². The van der Waals surface area contributed by atoms with E-state index in [9.17, 15) is 0 Å². The fraction of sp³-hybridized carbons (Fsp3) is 0.375. The molecule has 0 unspecified atom stereocenters. The van der Waals surface area contributed by atoms with Crippen molar-refractivity contribution in [3.8, 4) is 0 Å². The summed E-state index contributed by atoms with van der Waals surface area (Å²) in [5.41, 5.74) is 8.92. The van der Waals surface area contributed by atoms with Crippen LogP contribution in [0.1, 0.15) is 12.1 Å². The molecule has 0 aliphatic rings. The summed E-state index contributed by atoms with van der Waals surface area (Å²) in [6, 6.07) is 1.92. The van der Waals surface area contributed by atoms with Crippen molar-refractivity contribution in [3.05, 3.63) is 34.5 Å². The third-order valence-corrected chi connectivity index (χ3v) is 1.48. The van der Waals surface area contributed by atoms with E-state index in [1.165, 1.54) is 0 Å². The van der Waals surface area contributed by atoms with Gasteiger partial charge in [-0.2, -0.15) is 5.10 Å². The summed E-state index contributed by atoms with van der Waals surface area (Å²) in [6.07, 6.45) is 6.48. The molecule has 0 radical (unpaired) electrons. The van der Waals surface area contributed by atoms with Crippen molar-refractivity contribution in [2.45, 2.75) is 6.42 Å². The topological polar surface area (TPSA) is 66.6 Å². The van der Waals surface area contributed by atoms with E-state index in [0.717, 1.165) is 12.1 Å². The zero-order chi connectivity index (χ0) is 9.52. The Morgan fingerprint density at radius 1 is 1.77 bits per heavy atom. The standard InChI is InChI=1S/C8H11N5/c1-13-7-5-8(11-13)4-2-3-6-10-12-9/h2,4-5,7H,3,6H2,1H3. The van der Waals surface area contributed by atoms with Crippen molar-refractivity contribution in [2.75, 3.05) is 6.54 Å². The third kappa shape index (κ3) is 3.44. The summed E-state index contributed by atoms with van der Waals surface area (Å²) in [6.45, 7) is 0.500. The molecule has 0 amide bonds. The van der Waals surface area contributed by atoms with Gasteiger partial charge in [-0.3, -0.25) is 4.68 Å². The van der Waals surface area contributed by atoms with Crippen molar-refractivity contribution < 1.29 is 0 Å². The maximum atomic E-state index is 8.00. The highest BCUT2D eigenvalue weighted by Gasteiger charge is 1.88. The molecule has 68 valence electrons. The molecule has 0 saturated heterocycles. The largest absolute Gasteiger partial charge is 0.275 e. The predicted octanol–water partition coefficient (Wildman–Crippen LogP) is 2.13. The van der Waals surface area contributed by atoms with E-state index in [1.54, 1.807) is 4.68 Å². The zero-order valence-corrected chi connectivity index (χ0v) is 7.46. The van der Waals surface area contributed by atoms with Crippen molar-refractivity contribution in [1.82, 2.24) is 9.78 Å². The summed E-state index contributed by atoms with van der Waals surface area (Å²) < 4.78 is 1.74. The van der Waals surface area contributed by atoms with Crippen molar-refractivity contribution in [3.63, 3.8) is 0 Å². The lowest BCUT2D eigenvalue weighted by atomic mass is 10.3. The number of hydrogen-bond donors (Lipinski definition) is 0. The van der Waals surface area contributed by atoms with Crippen molar-refractivity contribution >= 4 is 6.08 Å². The van der Waals surface area contributed by atoms with Crippen molar-refractivity contribution in [2.24, 2.45) is 12.2 Å². The van der Waals surface area contributed by atoms with Gasteiger partial charge in [-0.25, -0.2) is 0 Å². The Kier molecular flexibility index (Phi) is 3.60. The lowest BCUT2D eigenvalue weighted by molar-refractivity contribution is 0.764. The molecule has 0 bridgehead atoms. The van der Waals surface area contributed by atoms with Gasteiger partial charge in [-0.05, 0) is 24.1 Å². The molecule has 0 N–H and O–H groups in total. The van der Waals surface area contributed by atoms with E-state index in [4.69, 9.17) is 5.53 Å². The molecule has 13 heavy (non-hydrogen) atoms. The molecule has 0 spiro atoms. The Bertz CT molecular complexity index is 332. The first-order chi connectivity index (χ1) is 6.33. The summed E-state index contributed by atoms with van der Waals surface area (Å²) in [4.78, 5) is 2.66. The van der Waals surface area contributed by atoms with E-state index >= 15 is 0 Å². The Balaban J connectivity index is 2.36. The Labute approximate surface area is 76.3 Å². The van der Waals surface area contributed by atoms with E-state index in [1.807, 2.05) is 31.5 Å². The first-order valence-corrected chi connectivity index (χ1v) is 4.00. The van der Waals surface area contributed by atoms with Gasteiger partial charge in [-0.15, -0.1) is 0 Å². The molecule has 0 aliphatic carbocycles. The van der Waals surface area contributed by atoms with E-state index in [0.29, 0.717) is 6.54 Å². The molecule has 0 aliphatic heterocycles. The quantitative estimate of drug-likeness (QED) is 0.300. The average Bonchev–Trinajstić information content (AvgIpc) is 2.51. The highest BCUT2D eigenvalue weighted by molar-refractivity contribution is 5.43. The fourth-order valence-corrected chi connectivity index (χ4v) is 0.903. The summed E-state index contributed by atoms with van der Waals surface area (Å²) in [5, 5.41) is 7.57. The minimum absolute atomic E-state index is 0.500. The first kappa shape index (κ1) is 9.35. The van der Waals surface area contributed by atoms with Gasteiger partial charge in [0.25, 0.3) is 0 Å². The Morgan fingerprint density at radius 2 is 2.62 bits per heavy atom. The normalized spacial score (nSPS) is 10.2. The van der Waals surface area contributed by atoms with Gasteiger partial charge in [0.1, 0.15) is 0 Å². The number of aromatic nitrogens is 2. The molecule has 1 aromatic rings. The molecular weight excluding hydrogens is 166 g/mol. The van der Waals surface area contributed by atoms with Gasteiger partial charge in [0.05, 0.1) is 5.69 Å². The first-order valence-electron chi connectivity index (χ1n) is 4.00. The summed E-state index contributed by atoms with van der Waals surface area (Å²) in [7, 11) is 1.87. The van der Waals surface area contributed by atoms with Gasteiger partial charge in [0.15, 0.2) is 0 Å². The predicted molar refractivity (Wildman–Crippen MR) is 50.9 cm³/mol. The van der Waals surface area contributed by atoms with Crippen LogP contribution in [-0.4, -0.2) is 16.3 Å². The van der Waals surface area contributed by atoms with Crippen LogP contribution in [0, 0.1) is 0 Å². The van der Waals surface area contributed by atoms with Crippen LogP contribution in [0.25, 0.3) is 16.5 Å². The molecule has 0 saturated carbocycles. The van der Waals surface area contributed by atoms with Crippen LogP contribution >= 0.6 is 0 Å². The van der Waals surface area contributed by atoms with Crippen LogP contribution in [0.3, 0.4) is 0 Å².